The fourth-order valence-electron chi connectivity index (χ4n) is 3.25. The topological polar surface area (TPSA) is 29.0 Å². The Balaban J connectivity index is 1.57. The SMILES string of the molecule is Cc1cc(CC[C@@H]2CCCN2Cc2ccncc2)ccn1. The van der Waals surface area contributed by atoms with Crippen molar-refractivity contribution in [3.63, 3.8) is 0 Å². The third kappa shape index (κ3) is 3.88. The number of aromatic nitrogens is 2. The van der Waals surface area contributed by atoms with Crippen molar-refractivity contribution >= 4 is 0 Å². The Morgan fingerprint density at radius 1 is 1.14 bits per heavy atom. The summed E-state index contributed by atoms with van der Waals surface area (Å²) in [6.07, 6.45) is 10.8. The number of aryl methyl sites for hydroxylation is 2. The van der Waals surface area contributed by atoms with Gasteiger partial charge in [-0.3, -0.25) is 14.9 Å². The predicted molar refractivity (Wildman–Crippen MR) is 85.0 cm³/mol. The summed E-state index contributed by atoms with van der Waals surface area (Å²) in [6, 6.07) is 9.33. The fourth-order valence-corrected chi connectivity index (χ4v) is 3.25. The Morgan fingerprint density at radius 3 is 2.76 bits per heavy atom. The summed E-state index contributed by atoms with van der Waals surface area (Å²) in [6.45, 7) is 4.35. The Morgan fingerprint density at radius 2 is 1.95 bits per heavy atom. The second-order valence-electron chi connectivity index (χ2n) is 5.97. The Labute approximate surface area is 127 Å². The van der Waals surface area contributed by atoms with E-state index in [1.807, 2.05) is 18.6 Å². The first-order chi connectivity index (χ1) is 10.3. The zero-order valence-corrected chi connectivity index (χ0v) is 12.7. The van der Waals surface area contributed by atoms with Crippen LogP contribution in [-0.4, -0.2) is 27.5 Å². The number of hydrogen-bond acceptors (Lipinski definition) is 3. The molecule has 3 rings (SSSR count). The van der Waals surface area contributed by atoms with E-state index < -0.39 is 0 Å². The first-order valence-corrected chi connectivity index (χ1v) is 7.86. The van der Waals surface area contributed by atoms with E-state index in [1.165, 1.54) is 36.9 Å². The zero-order chi connectivity index (χ0) is 14.5. The predicted octanol–water partition coefficient (Wildman–Crippen LogP) is 3.38. The molecule has 1 aliphatic heterocycles. The highest BCUT2D eigenvalue weighted by Crippen LogP contribution is 2.23. The maximum absolute atomic E-state index is 4.27. The Bertz CT molecular complexity index is 568. The normalized spacial score (nSPS) is 19.0. The molecule has 1 fully saturated rings. The highest BCUT2D eigenvalue weighted by molar-refractivity contribution is 5.16. The van der Waals surface area contributed by atoms with E-state index in [0.29, 0.717) is 6.04 Å². The van der Waals surface area contributed by atoms with Gasteiger partial charge in [-0.1, -0.05) is 0 Å². The van der Waals surface area contributed by atoms with Crippen LogP contribution in [-0.2, 0) is 13.0 Å². The van der Waals surface area contributed by atoms with Crippen molar-refractivity contribution in [2.45, 2.75) is 45.2 Å². The highest BCUT2D eigenvalue weighted by atomic mass is 15.2. The first-order valence-electron chi connectivity index (χ1n) is 7.86. The lowest BCUT2D eigenvalue weighted by Crippen LogP contribution is -2.29. The molecule has 110 valence electrons. The smallest absolute Gasteiger partial charge is 0.0375 e. The van der Waals surface area contributed by atoms with E-state index in [4.69, 9.17) is 0 Å². The van der Waals surface area contributed by atoms with Crippen LogP contribution in [0.1, 0.15) is 36.1 Å². The molecule has 0 amide bonds. The number of pyridine rings is 2. The molecule has 3 nitrogen and oxygen atoms in total. The number of rotatable bonds is 5. The van der Waals surface area contributed by atoms with Crippen LogP contribution in [0.4, 0.5) is 0 Å². The van der Waals surface area contributed by atoms with Gasteiger partial charge in [-0.15, -0.1) is 0 Å². The quantitative estimate of drug-likeness (QED) is 0.841. The average molecular weight is 281 g/mol. The number of likely N-dealkylation sites (tertiary alicyclic amines) is 1. The molecule has 0 aromatic carbocycles. The van der Waals surface area contributed by atoms with E-state index in [-0.39, 0.29) is 0 Å². The lowest BCUT2D eigenvalue weighted by Gasteiger charge is -2.24. The molecule has 1 atom stereocenters. The van der Waals surface area contributed by atoms with Gasteiger partial charge < -0.3 is 0 Å². The van der Waals surface area contributed by atoms with E-state index >= 15 is 0 Å². The fraction of sp³-hybridized carbons (Fsp3) is 0.444. The molecule has 0 N–H and O–H groups in total. The molecule has 0 unspecified atom stereocenters. The molecule has 1 aliphatic rings. The minimum absolute atomic E-state index is 0.714. The van der Waals surface area contributed by atoms with Gasteiger partial charge in [0.25, 0.3) is 0 Å². The van der Waals surface area contributed by atoms with Crippen LogP contribution in [0.3, 0.4) is 0 Å². The van der Waals surface area contributed by atoms with Gasteiger partial charge >= 0.3 is 0 Å². The minimum Gasteiger partial charge on any atom is -0.296 e. The van der Waals surface area contributed by atoms with Crippen LogP contribution in [0.5, 0.6) is 0 Å². The van der Waals surface area contributed by atoms with Gasteiger partial charge in [0.15, 0.2) is 0 Å². The van der Waals surface area contributed by atoms with Gasteiger partial charge in [0, 0.05) is 36.9 Å². The lowest BCUT2D eigenvalue weighted by molar-refractivity contribution is 0.234. The van der Waals surface area contributed by atoms with E-state index in [9.17, 15) is 0 Å². The second-order valence-corrected chi connectivity index (χ2v) is 5.97. The standard InChI is InChI=1S/C18H23N3/c1-15-13-16(8-11-20-15)4-5-18-3-2-12-21(18)14-17-6-9-19-10-7-17/h6-11,13,18H,2-5,12,14H2,1H3/t18-/m0/s1. The molecule has 0 aliphatic carbocycles. The van der Waals surface area contributed by atoms with Crippen LogP contribution < -0.4 is 0 Å². The summed E-state index contributed by atoms with van der Waals surface area (Å²) in [5.41, 5.74) is 3.91. The lowest BCUT2D eigenvalue weighted by atomic mass is 10.0. The molecule has 2 aromatic rings. The van der Waals surface area contributed by atoms with E-state index in [0.717, 1.165) is 18.7 Å². The van der Waals surface area contributed by atoms with Crippen molar-refractivity contribution in [2.75, 3.05) is 6.54 Å². The van der Waals surface area contributed by atoms with Crippen LogP contribution in [0.15, 0.2) is 42.9 Å². The summed E-state index contributed by atoms with van der Waals surface area (Å²) in [5, 5.41) is 0. The minimum atomic E-state index is 0.714. The molecular formula is C18H23N3. The average Bonchev–Trinajstić information content (AvgIpc) is 2.93. The summed E-state index contributed by atoms with van der Waals surface area (Å²) in [7, 11) is 0. The first kappa shape index (κ1) is 14.2. The van der Waals surface area contributed by atoms with Crippen molar-refractivity contribution < 1.29 is 0 Å². The maximum atomic E-state index is 4.27. The van der Waals surface area contributed by atoms with Crippen molar-refractivity contribution in [1.82, 2.24) is 14.9 Å². The van der Waals surface area contributed by atoms with Gasteiger partial charge in [0.2, 0.25) is 0 Å². The van der Waals surface area contributed by atoms with Gasteiger partial charge in [-0.25, -0.2) is 0 Å². The molecule has 3 heterocycles. The van der Waals surface area contributed by atoms with Crippen LogP contribution in [0.25, 0.3) is 0 Å². The molecule has 1 saturated heterocycles. The van der Waals surface area contributed by atoms with Crippen molar-refractivity contribution in [3.8, 4) is 0 Å². The second kappa shape index (κ2) is 6.81. The van der Waals surface area contributed by atoms with Gasteiger partial charge in [-0.2, -0.15) is 0 Å². The Hall–Kier alpha value is -1.74. The van der Waals surface area contributed by atoms with Crippen LogP contribution in [0, 0.1) is 6.92 Å². The molecule has 21 heavy (non-hydrogen) atoms. The number of nitrogens with zero attached hydrogens (tertiary/aromatic N) is 3. The zero-order valence-electron chi connectivity index (χ0n) is 12.7. The van der Waals surface area contributed by atoms with Crippen molar-refractivity contribution in [3.05, 3.63) is 59.7 Å². The highest BCUT2D eigenvalue weighted by Gasteiger charge is 2.23. The summed E-state index contributed by atoms with van der Waals surface area (Å²) in [5.74, 6) is 0. The monoisotopic (exact) mass is 281 g/mol. The third-order valence-corrected chi connectivity index (χ3v) is 4.36. The Kier molecular flexibility index (Phi) is 4.61. The summed E-state index contributed by atoms with van der Waals surface area (Å²) >= 11 is 0. The largest absolute Gasteiger partial charge is 0.296 e. The van der Waals surface area contributed by atoms with Crippen LogP contribution in [0.2, 0.25) is 0 Å². The molecule has 3 heteroatoms. The van der Waals surface area contributed by atoms with Gasteiger partial charge in [0.1, 0.15) is 0 Å². The molecule has 0 spiro atoms. The van der Waals surface area contributed by atoms with E-state index in [1.54, 1.807) is 0 Å². The number of hydrogen-bond donors (Lipinski definition) is 0. The molecule has 2 aromatic heterocycles. The van der Waals surface area contributed by atoms with Crippen molar-refractivity contribution in [2.24, 2.45) is 0 Å². The molecule has 0 bridgehead atoms. The van der Waals surface area contributed by atoms with E-state index in [2.05, 4.69) is 46.1 Å². The van der Waals surface area contributed by atoms with Gasteiger partial charge in [0.05, 0.1) is 0 Å². The van der Waals surface area contributed by atoms with Crippen molar-refractivity contribution in [1.29, 1.82) is 0 Å². The molecule has 0 saturated carbocycles. The summed E-state index contributed by atoms with van der Waals surface area (Å²) in [4.78, 5) is 11.0. The molecule has 0 radical (unpaired) electrons. The van der Waals surface area contributed by atoms with Gasteiger partial charge in [-0.05, 0) is 74.5 Å². The van der Waals surface area contributed by atoms with Crippen LogP contribution >= 0.6 is 0 Å². The maximum Gasteiger partial charge on any atom is 0.0375 e. The third-order valence-electron chi connectivity index (χ3n) is 4.36. The molecular weight excluding hydrogens is 258 g/mol. The summed E-state index contributed by atoms with van der Waals surface area (Å²) < 4.78 is 0.